The second-order valence-electron chi connectivity index (χ2n) is 3.36. The normalized spacial score (nSPS) is 15.1. The van der Waals surface area contributed by atoms with E-state index in [2.05, 4.69) is 0 Å². The molecule has 0 spiro atoms. The average molecular weight is 216 g/mol. The van der Waals surface area contributed by atoms with Crippen molar-refractivity contribution in [2.75, 3.05) is 0 Å². The molecule has 16 heavy (non-hydrogen) atoms. The largest absolute Gasteiger partial charge is 0.508 e. The summed E-state index contributed by atoms with van der Waals surface area (Å²) in [6, 6.07) is 3.85. The molecule has 0 saturated heterocycles. The van der Waals surface area contributed by atoms with Gasteiger partial charge < -0.3 is 10.2 Å². The summed E-state index contributed by atoms with van der Waals surface area (Å²) in [7, 11) is 0. The van der Waals surface area contributed by atoms with Gasteiger partial charge in [-0.3, -0.25) is 9.59 Å². The number of hydrogen-bond acceptors (Lipinski definition) is 4. The van der Waals surface area contributed by atoms with Crippen molar-refractivity contribution < 1.29 is 19.8 Å². The highest BCUT2D eigenvalue weighted by molar-refractivity contribution is 6.34. The van der Waals surface area contributed by atoms with Gasteiger partial charge >= 0.3 is 0 Å². The van der Waals surface area contributed by atoms with Crippen molar-refractivity contribution in [1.82, 2.24) is 0 Å². The lowest BCUT2D eigenvalue weighted by molar-refractivity contribution is -0.113. The summed E-state index contributed by atoms with van der Waals surface area (Å²) in [5.41, 5.74) is 0.366. The van der Waals surface area contributed by atoms with E-state index in [1.807, 2.05) is 0 Å². The van der Waals surface area contributed by atoms with Crippen LogP contribution in [-0.2, 0) is 9.59 Å². The van der Waals surface area contributed by atoms with E-state index in [1.165, 1.54) is 18.2 Å². The predicted octanol–water partition coefficient (Wildman–Crippen LogP) is 1.19. The molecule has 0 heterocycles. The maximum absolute atomic E-state index is 11.5. The highest BCUT2D eigenvalue weighted by Gasteiger charge is 2.18. The molecule has 4 nitrogen and oxygen atoms in total. The van der Waals surface area contributed by atoms with E-state index in [-0.39, 0.29) is 34.2 Å². The fourth-order valence-corrected chi connectivity index (χ4v) is 1.47. The van der Waals surface area contributed by atoms with E-state index in [0.717, 1.165) is 18.2 Å². The number of rotatable bonds is 1. The number of allylic oxidation sites excluding steroid dienone is 4. The monoisotopic (exact) mass is 216 g/mol. The van der Waals surface area contributed by atoms with Crippen LogP contribution in [0, 0.1) is 0 Å². The maximum Gasteiger partial charge on any atom is 0.186 e. The predicted molar refractivity (Wildman–Crippen MR) is 56.9 cm³/mol. The third kappa shape index (κ3) is 1.72. The Morgan fingerprint density at radius 1 is 1.00 bits per heavy atom. The van der Waals surface area contributed by atoms with Gasteiger partial charge in [-0.2, -0.15) is 0 Å². The number of carbonyl (C=O) groups is 2. The highest BCUT2D eigenvalue weighted by Crippen LogP contribution is 2.30. The van der Waals surface area contributed by atoms with Crippen molar-refractivity contribution in [2.45, 2.75) is 0 Å². The van der Waals surface area contributed by atoms with Crippen molar-refractivity contribution in [3.63, 3.8) is 0 Å². The summed E-state index contributed by atoms with van der Waals surface area (Å²) in [5, 5.41) is 18.7. The maximum atomic E-state index is 11.5. The zero-order valence-corrected chi connectivity index (χ0v) is 8.18. The van der Waals surface area contributed by atoms with Crippen LogP contribution in [0.3, 0.4) is 0 Å². The minimum Gasteiger partial charge on any atom is -0.508 e. The molecule has 0 bridgehead atoms. The smallest absolute Gasteiger partial charge is 0.186 e. The molecule has 4 heteroatoms. The van der Waals surface area contributed by atoms with Crippen molar-refractivity contribution in [3.8, 4) is 11.5 Å². The van der Waals surface area contributed by atoms with Crippen LogP contribution in [0.25, 0.3) is 5.57 Å². The van der Waals surface area contributed by atoms with Gasteiger partial charge in [-0.25, -0.2) is 0 Å². The summed E-state index contributed by atoms with van der Waals surface area (Å²) >= 11 is 0. The summed E-state index contributed by atoms with van der Waals surface area (Å²) in [5.74, 6) is -0.989. The molecule has 0 fully saturated rings. The zero-order valence-electron chi connectivity index (χ0n) is 8.18. The molecule has 2 N–H and O–H groups in total. The van der Waals surface area contributed by atoms with Crippen molar-refractivity contribution >= 4 is 17.1 Å². The third-order valence-electron chi connectivity index (χ3n) is 2.22. The van der Waals surface area contributed by atoms with Crippen LogP contribution >= 0.6 is 0 Å². The molecule has 1 aromatic rings. The van der Waals surface area contributed by atoms with Gasteiger partial charge in [0, 0.05) is 17.2 Å². The Kier molecular flexibility index (Phi) is 2.32. The van der Waals surface area contributed by atoms with Gasteiger partial charge in [0.15, 0.2) is 11.6 Å². The average Bonchev–Trinajstić information content (AvgIpc) is 2.22. The first-order chi connectivity index (χ1) is 7.58. The van der Waals surface area contributed by atoms with Crippen LogP contribution in [-0.4, -0.2) is 21.8 Å². The van der Waals surface area contributed by atoms with E-state index in [4.69, 9.17) is 5.11 Å². The Balaban J connectivity index is 2.52. The van der Waals surface area contributed by atoms with Gasteiger partial charge in [0.2, 0.25) is 0 Å². The molecule has 0 atom stereocenters. The van der Waals surface area contributed by atoms with E-state index in [1.54, 1.807) is 0 Å². The minimum atomic E-state index is -0.347. The molecule has 0 saturated carbocycles. The minimum absolute atomic E-state index is 0.105. The molecular weight excluding hydrogens is 208 g/mol. The molecule has 0 unspecified atom stereocenters. The van der Waals surface area contributed by atoms with Crippen LogP contribution in [0.4, 0.5) is 0 Å². The van der Waals surface area contributed by atoms with Crippen molar-refractivity contribution in [1.29, 1.82) is 0 Å². The van der Waals surface area contributed by atoms with Gasteiger partial charge in [-0.1, -0.05) is 0 Å². The Bertz CT molecular complexity index is 538. The summed E-state index contributed by atoms with van der Waals surface area (Å²) < 4.78 is 0. The van der Waals surface area contributed by atoms with Gasteiger partial charge in [0.25, 0.3) is 0 Å². The molecule has 0 aromatic heterocycles. The standard InChI is InChI=1S/C12H8O4/c13-7-2-4-11(15)10(5-7)9-3-1-8(14)6-12(9)16/h1-6,14,16H. The lowest BCUT2D eigenvalue weighted by Crippen LogP contribution is -2.06. The summed E-state index contributed by atoms with van der Waals surface area (Å²) in [6.45, 7) is 0. The SMILES string of the molecule is O=C1C=CC(=O)C(c2ccc(O)cc2O)=C1. The zero-order chi connectivity index (χ0) is 11.7. The molecule has 1 aliphatic carbocycles. The molecule has 0 amide bonds. The molecule has 2 rings (SSSR count). The number of ketones is 2. The molecular formula is C12H8O4. The topological polar surface area (TPSA) is 74.6 Å². The third-order valence-corrected chi connectivity index (χ3v) is 2.22. The number of aromatic hydroxyl groups is 2. The first kappa shape index (κ1) is 10.2. The van der Waals surface area contributed by atoms with Crippen molar-refractivity contribution in [2.24, 2.45) is 0 Å². The number of benzene rings is 1. The van der Waals surface area contributed by atoms with Crippen molar-refractivity contribution in [3.05, 3.63) is 42.0 Å². The lowest BCUT2D eigenvalue weighted by atomic mass is 9.95. The Hall–Kier alpha value is -2.36. The molecule has 0 aliphatic heterocycles. The fraction of sp³-hybridized carbons (Fsp3) is 0. The van der Waals surface area contributed by atoms with Crippen LogP contribution in [0.5, 0.6) is 11.5 Å². The van der Waals surface area contributed by atoms with Crippen LogP contribution < -0.4 is 0 Å². The lowest BCUT2D eigenvalue weighted by Gasteiger charge is -2.09. The van der Waals surface area contributed by atoms with E-state index < -0.39 is 0 Å². The first-order valence-electron chi connectivity index (χ1n) is 4.58. The Labute approximate surface area is 91.1 Å². The van der Waals surface area contributed by atoms with Gasteiger partial charge in [-0.05, 0) is 30.4 Å². The summed E-state index contributed by atoms with van der Waals surface area (Å²) in [6.07, 6.45) is 3.49. The molecule has 80 valence electrons. The molecule has 1 aromatic carbocycles. The number of phenolic OH excluding ortho intramolecular Hbond substituents is 2. The fourth-order valence-electron chi connectivity index (χ4n) is 1.47. The Morgan fingerprint density at radius 3 is 2.44 bits per heavy atom. The second kappa shape index (κ2) is 3.66. The van der Waals surface area contributed by atoms with Gasteiger partial charge in [0.05, 0.1) is 0 Å². The Morgan fingerprint density at radius 2 is 1.75 bits per heavy atom. The van der Waals surface area contributed by atoms with E-state index in [0.29, 0.717) is 0 Å². The van der Waals surface area contributed by atoms with Crippen LogP contribution in [0.1, 0.15) is 5.56 Å². The number of hydrogen-bond donors (Lipinski definition) is 2. The first-order valence-corrected chi connectivity index (χ1v) is 4.58. The van der Waals surface area contributed by atoms with Gasteiger partial charge in [-0.15, -0.1) is 0 Å². The molecule has 1 aliphatic rings. The van der Waals surface area contributed by atoms with Gasteiger partial charge in [0.1, 0.15) is 11.5 Å². The van der Waals surface area contributed by atoms with E-state index >= 15 is 0 Å². The van der Waals surface area contributed by atoms with E-state index in [9.17, 15) is 14.7 Å². The van der Waals surface area contributed by atoms with Crippen LogP contribution in [0.15, 0.2) is 36.4 Å². The highest BCUT2D eigenvalue weighted by atomic mass is 16.3. The summed E-state index contributed by atoms with van der Waals surface area (Å²) in [4.78, 5) is 22.6. The molecule has 0 radical (unpaired) electrons. The second-order valence-corrected chi connectivity index (χ2v) is 3.36. The number of carbonyl (C=O) groups excluding carboxylic acids is 2. The van der Waals surface area contributed by atoms with Crippen LogP contribution in [0.2, 0.25) is 0 Å². The number of phenols is 2. The quantitative estimate of drug-likeness (QED) is 0.691.